The largest absolute Gasteiger partial charge is 0.384 e. The number of nitrogen functional groups attached to an aromatic ring is 1. The van der Waals surface area contributed by atoms with Gasteiger partial charge in [-0.1, -0.05) is 12.1 Å². The molecule has 7 heteroatoms. The van der Waals surface area contributed by atoms with Gasteiger partial charge in [0, 0.05) is 37.5 Å². The van der Waals surface area contributed by atoms with Gasteiger partial charge in [0.05, 0.1) is 0 Å². The molecule has 0 spiro atoms. The van der Waals surface area contributed by atoms with Crippen molar-refractivity contribution in [3.05, 3.63) is 65.4 Å². The first-order chi connectivity index (χ1) is 17.0. The lowest BCUT2D eigenvalue weighted by Gasteiger charge is -2.29. The van der Waals surface area contributed by atoms with Crippen LogP contribution in [0.25, 0.3) is 6.08 Å². The smallest absolute Gasteiger partial charge is 0.253 e. The van der Waals surface area contributed by atoms with Gasteiger partial charge in [-0.25, -0.2) is 4.98 Å². The standard InChI is InChI=1S/C28H35N5O2/c1-32-14-11-21(12-15-32)20-4-6-22(7-5-20)28(35)33-17-24-23(25(24)18-33)10-13-30-27(34)9-3-19-2-8-26(29)31-16-19/h2-9,16,21,23-25H,10-15,17-18H2,1H3,(H2,29,31)(H,30,34)/b9-3+/t23?,24-,25+. The molecule has 0 bridgehead atoms. The van der Waals surface area contributed by atoms with Crippen LogP contribution in [0.15, 0.2) is 48.7 Å². The Morgan fingerprint density at radius 1 is 1.09 bits per heavy atom. The number of piperidine rings is 2. The molecule has 3 fully saturated rings. The molecule has 7 nitrogen and oxygen atoms in total. The van der Waals surface area contributed by atoms with E-state index in [9.17, 15) is 9.59 Å². The second-order valence-corrected chi connectivity index (χ2v) is 10.3. The van der Waals surface area contributed by atoms with Crippen LogP contribution >= 0.6 is 0 Å². The second-order valence-electron chi connectivity index (χ2n) is 10.3. The van der Waals surface area contributed by atoms with Gasteiger partial charge in [-0.15, -0.1) is 0 Å². The zero-order chi connectivity index (χ0) is 24.4. The van der Waals surface area contributed by atoms with Crippen molar-refractivity contribution in [2.75, 3.05) is 45.5 Å². The normalized spacial score (nSPS) is 24.5. The fraction of sp³-hybridized carbons (Fsp3) is 0.464. The lowest BCUT2D eigenvalue weighted by Crippen LogP contribution is -2.32. The maximum atomic E-state index is 13.0. The summed E-state index contributed by atoms with van der Waals surface area (Å²) < 4.78 is 0. The number of pyridine rings is 1. The minimum Gasteiger partial charge on any atom is -0.384 e. The maximum absolute atomic E-state index is 13.0. The molecule has 3 atom stereocenters. The van der Waals surface area contributed by atoms with Gasteiger partial charge in [0.15, 0.2) is 0 Å². The molecular weight excluding hydrogens is 438 g/mol. The fourth-order valence-corrected chi connectivity index (χ4v) is 5.77. The number of rotatable bonds is 7. The van der Waals surface area contributed by atoms with Crippen LogP contribution in [0.4, 0.5) is 5.82 Å². The first-order valence-electron chi connectivity index (χ1n) is 12.7. The van der Waals surface area contributed by atoms with Gasteiger partial charge >= 0.3 is 0 Å². The van der Waals surface area contributed by atoms with E-state index in [-0.39, 0.29) is 11.8 Å². The Bertz CT molecular complexity index is 1060. The number of nitrogens with one attached hydrogen (secondary N) is 1. The number of hydrogen-bond acceptors (Lipinski definition) is 5. The highest BCUT2D eigenvalue weighted by atomic mass is 16.2. The number of benzene rings is 1. The van der Waals surface area contributed by atoms with Crippen molar-refractivity contribution in [3.63, 3.8) is 0 Å². The van der Waals surface area contributed by atoms with Crippen molar-refractivity contribution in [2.45, 2.75) is 25.2 Å². The summed E-state index contributed by atoms with van der Waals surface area (Å²) in [5, 5.41) is 2.97. The monoisotopic (exact) mass is 473 g/mol. The van der Waals surface area contributed by atoms with E-state index in [0.717, 1.165) is 43.7 Å². The Labute approximate surface area is 207 Å². The molecule has 3 N–H and O–H groups in total. The zero-order valence-corrected chi connectivity index (χ0v) is 20.4. The highest BCUT2D eigenvalue weighted by Gasteiger charge is 2.55. The van der Waals surface area contributed by atoms with Crippen LogP contribution in [0.2, 0.25) is 0 Å². The number of aromatic nitrogens is 1. The summed E-state index contributed by atoms with van der Waals surface area (Å²) in [6, 6.07) is 11.9. The minimum absolute atomic E-state index is 0.104. The van der Waals surface area contributed by atoms with E-state index in [0.29, 0.717) is 36.0 Å². The minimum atomic E-state index is -0.104. The summed E-state index contributed by atoms with van der Waals surface area (Å²) in [5.74, 6) is 2.88. The van der Waals surface area contributed by atoms with Crippen molar-refractivity contribution < 1.29 is 9.59 Å². The van der Waals surface area contributed by atoms with Gasteiger partial charge in [0.1, 0.15) is 5.82 Å². The van der Waals surface area contributed by atoms with Gasteiger partial charge in [0.2, 0.25) is 5.91 Å². The summed E-state index contributed by atoms with van der Waals surface area (Å²) in [5.41, 5.74) is 8.58. The number of carbonyl (C=O) groups excluding carboxylic acids is 2. The highest BCUT2D eigenvalue weighted by molar-refractivity contribution is 5.94. The zero-order valence-electron chi connectivity index (χ0n) is 20.4. The Morgan fingerprint density at radius 3 is 2.46 bits per heavy atom. The third-order valence-corrected chi connectivity index (χ3v) is 8.02. The summed E-state index contributed by atoms with van der Waals surface area (Å²) in [4.78, 5) is 33.5. The van der Waals surface area contributed by atoms with E-state index >= 15 is 0 Å². The van der Waals surface area contributed by atoms with E-state index < -0.39 is 0 Å². The average molecular weight is 474 g/mol. The number of carbonyl (C=O) groups is 2. The molecule has 2 saturated heterocycles. The molecule has 1 aromatic heterocycles. The number of fused-ring (bicyclic) bond motifs is 1. The topological polar surface area (TPSA) is 91.6 Å². The number of nitrogens with zero attached hydrogens (tertiary/aromatic N) is 3. The van der Waals surface area contributed by atoms with Crippen LogP contribution in [0.3, 0.4) is 0 Å². The molecule has 1 aromatic carbocycles. The van der Waals surface area contributed by atoms with Gasteiger partial charge in [-0.2, -0.15) is 0 Å². The van der Waals surface area contributed by atoms with Crippen LogP contribution in [-0.4, -0.2) is 66.4 Å². The summed E-state index contributed by atoms with van der Waals surface area (Å²) >= 11 is 0. The van der Waals surface area contributed by atoms with Crippen molar-refractivity contribution in [1.29, 1.82) is 0 Å². The molecule has 2 aliphatic heterocycles. The van der Waals surface area contributed by atoms with E-state index in [1.165, 1.54) is 24.5 Å². The van der Waals surface area contributed by atoms with Gasteiger partial charge < -0.3 is 20.9 Å². The predicted octanol–water partition coefficient (Wildman–Crippen LogP) is 3.01. The van der Waals surface area contributed by atoms with Crippen LogP contribution in [-0.2, 0) is 4.79 Å². The first-order valence-corrected chi connectivity index (χ1v) is 12.7. The Balaban J connectivity index is 1.03. The molecule has 1 unspecified atom stereocenters. The lowest BCUT2D eigenvalue weighted by molar-refractivity contribution is -0.116. The molecule has 3 heterocycles. The van der Waals surface area contributed by atoms with Crippen LogP contribution in [0, 0.1) is 17.8 Å². The molecule has 5 rings (SSSR count). The molecule has 2 aromatic rings. The highest BCUT2D eigenvalue weighted by Crippen LogP contribution is 2.53. The number of hydrogen-bond donors (Lipinski definition) is 2. The average Bonchev–Trinajstić information content (AvgIpc) is 3.31. The molecule has 1 aliphatic carbocycles. The summed E-state index contributed by atoms with van der Waals surface area (Å²) in [6.45, 7) is 4.62. The molecule has 2 amide bonds. The fourth-order valence-electron chi connectivity index (χ4n) is 5.77. The SMILES string of the molecule is CN1CCC(c2ccc(C(=O)N3C[C@@H]4C(CCNC(=O)/C=C/c5ccc(N)nc5)[C@@H]4C3)cc2)CC1. The quantitative estimate of drug-likeness (QED) is 0.603. The van der Waals surface area contributed by atoms with Crippen molar-refractivity contribution in [2.24, 2.45) is 17.8 Å². The van der Waals surface area contributed by atoms with Crippen molar-refractivity contribution in [3.8, 4) is 0 Å². The van der Waals surface area contributed by atoms with E-state index in [2.05, 4.69) is 34.4 Å². The van der Waals surface area contributed by atoms with Gasteiger partial charge in [-0.3, -0.25) is 9.59 Å². The maximum Gasteiger partial charge on any atom is 0.253 e. The molecule has 1 saturated carbocycles. The van der Waals surface area contributed by atoms with Crippen LogP contribution in [0.1, 0.15) is 46.7 Å². The number of nitrogens with two attached hydrogens (primary N) is 1. The predicted molar refractivity (Wildman–Crippen MR) is 138 cm³/mol. The third-order valence-electron chi connectivity index (χ3n) is 8.02. The molecular formula is C28H35N5O2. The van der Waals surface area contributed by atoms with E-state index in [1.54, 1.807) is 18.3 Å². The number of likely N-dealkylation sites (tertiary alicyclic amines) is 2. The van der Waals surface area contributed by atoms with Crippen molar-refractivity contribution >= 4 is 23.7 Å². The Kier molecular flexibility index (Phi) is 6.86. The molecule has 3 aliphatic rings. The van der Waals surface area contributed by atoms with Gasteiger partial charge in [-0.05, 0) is 105 Å². The van der Waals surface area contributed by atoms with Crippen LogP contribution in [0.5, 0.6) is 0 Å². The lowest BCUT2D eigenvalue weighted by atomic mass is 9.89. The molecule has 0 radical (unpaired) electrons. The van der Waals surface area contributed by atoms with Crippen LogP contribution < -0.4 is 11.1 Å². The molecule has 35 heavy (non-hydrogen) atoms. The molecule has 184 valence electrons. The number of anilines is 1. The third kappa shape index (κ3) is 5.56. The summed E-state index contributed by atoms with van der Waals surface area (Å²) in [6.07, 6.45) is 8.25. The van der Waals surface area contributed by atoms with E-state index in [4.69, 9.17) is 5.73 Å². The van der Waals surface area contributed by atoms with E-state index in [1.807, 2.05) is 23.1 Å². The number of amides is 2. The first kappa shape index (κ1) is 23.5. The Morgan fingerprint density at radius 2 is 1.80 bits per heavy atom. The van der Waals surface area contributed by atoms with Crippen molar-refractivity contribution in [1.82, 2.24) is 20.1 Å². The second kappa shape index (κ2) is 10.2. The van der Waals surface area contributed by atoms with Gasteiger partial charge in [0.25, 0.3) is 5.91 Å². The summed E-state index contributed by atoms with van der Waals surface area (Å²) in [7, 11) is 2.18. The Hall–Kier alpha value is -3.19.